The molecule has 1 heterocycles. The van der Waals surface area contributed by atoms with Crippen LogP contribution in [0, 0.1) is 0 Å². The Labute approximate surface area is 147 Å². The zero-order chi connectivity index (χ0) is 18.2. The van der Waals surface area contributed by atoms with Gasteiger partial charge >= 0.3 is 12.0 Å². The average Bonchev–Trinajstić information content (AvgIpc) is 3.09. The quantitative estimate of drug-likeness (QED) is 0.777. The number of aryl methyl sites for hydroxylation is 1. The number of urea groups is 1. The number of ether oxygens (including phenoxy) is 1. The van der Waals surface area contributed by atoms with Gasteiger partial charge in [-0.2, -0.15) is 0 Å². The number of nitrogens with one attached hydrogen (secondary N) is 1. The van der Waals surface area contributed by atoms with Crippen molar-refractivity contribution in [1.29, 1.82) is 0 Å². The number of rotatable bonds is 7. The molecule has 2 rings (SSSR count). The van der Waals surface area contributed by atoms with Crippen molar-refractivity contribution >= 4 is 17.7 Å². The molecule has 25 heavy (non-hydrogen) atoms. The third-order valence-electron chi connectivity index (χ3n) is 3.64. The van der Waals surface area contributed by atoms with Gasteiger partial charge in [0.25, 0.3) is 0 Å². The van der Waals surface area contributed by atoms with Crippen LogP contribution >= 0.6 is 0 Å². The molecule has 0 bridgehead atoms. The molecule has 2 aromatic rings. The summed E-state index contributed by atoms with van der Waals surface area (Å²) in [5, 5.41) is 2.89. The number of anilines is 1. The summed E-state index contributed by atoms with van der Waals surface area (Å²) in [4.78, 5) is 29.6. The maximum atomic E-state index is 12.6. The number of hydrogen-bond acceptors (Lipinski definition) is 5. The highest BCUT2D eigenvalue weighted by Gasteiger charge is 2.18. The Morgan fingerprint density at radius 1 is 1.32 bits per heavy atom. The smallest absolute Gasteiger partial charge is 0.360 e. The summed E-state index contributed by atoms with van der Waals surface area (Å²) in [6, 6.07) is 7.48. The van der Waals surface area contributed by atoms with Crippen LogP contribution in [0.5, 0.6) is 0 Å². The third kappa shape index (κ3) is 5.07. The van der Waals surface area contributed by atoms with Crippen LogP contribution in [0.1, 0.15) is 42.2 Å². The summed E-state index contributed by atoms with van der Waals surface area (Å²) in [7, 11) is 1.28. The number of carbonyl (C=O) groups excluding carboxylic acids is 2. The zero-order valence-electron chi connectivity index (χ0n) is 14.7. The second-order valence-electron chi connectivity index (χ2n) is 5.52. The van der Waals surface area contributed by atoms with Gasteiger partial charge in [0.1, 0.15) is 6.26 Å². The largest absolute Gasteiger partial charge is 0.464 e. The zero-order valence-corrected chi connectivity index (χ0v) is 14.7. The van der Waals surface area contributed by atoms with Crippen LogP contribution in [0.2, 0.25) is 0 Å². The lowest BCUT2D eigenvalue weighted by atomic mass is 10.1. The summed E-state index contributed by atoms with van der Waals surface area (Å²) >= 11 is 0. The highest BCUT2D eigenvalue weighted by molar-refractivity contribution is 5.89. The Balaban J connectivity index is 2.06. The molecule has 2 amide bonds. The molecule has 0 unspecified atom stereocenters. The molecule has 0 radical (unpaired) electrons. The van der Waals surface area contributed by atoms with E-state index in [0.717, 1.165) is 24.1 Å². The number of esters is 1. The van der Waals surface area contributed by atoms with E-state index >= 15 is 0 Å². The Morgan fingerprint density at radius 2 is 2.12 bits per heavy atom. The molecule has 1 aromatic heterocycles. The number of amides is 2. The number of nitrogens with zero attached hydrogens (tertiary/aromatic N) is 2. The van der Waals surface area contributed by atoms with Gasteiger partial charge < -0.3 is 19.4 Å². The number of benzene rings is 1. The lowest BCUT2D eigenvalue weighted by Gasteiger charge is -2.21. The van der Waals surface area contributed by atoms with E-state index in [0.29, 0.717) is 6.54 Å². The lowest BCUT2D eigenvalue weighted by molar-refractivity contribution is 0.0594. The number of oxazole rings is 1. The minimum atomic E-state index is -0.571. The predicted octanol–water partition coefficient (Wildman–Crippen LogP) is 3.47. The molecule has 0 spiro atoms. The molecule has 0 saturated carbocycles. The van der Waals surface area contributed by atoms with Crippen molar-refractivity contribution in [2.45, 2.75) is 33.2 Å². The van der Waals surface area contributed by atoms with Gasteiger partial charge in [-0.25, -0.2) is 14.6 Å². The van der Waals surface area contributed by atoms with Crippen LogP contribution in [0.3, 0.4) is 0 Å². The molecule has 7 heteroatoms. The molecule has 0 aliphatic carbocycles. The molecule has 134 valence electrons. The van der Waals surface area contributed by atoms with Crippen LogP contribution in [0.25, 0.3) is 0 Å². The summed E-state index contributed by atoms with van der Waals surface area (Å²) in [5.74, 6) is -0.288. The van der Waals surface area contributed by atoms with Gasteiger partial charge in [0.15, 0.2) is 5.69 Å². The van der Waals surface area contributed by atoms with Gasteiger partial charge in [-0.1, -0.05) is 26.0 Å². The van der Waals surface area contributed by atoms with Crippen molar-refractivity contribution < 1.29 is 18.7 Å². The van der Waals surface area contributed by atoms with Crippen molar-refractivity contribution in [1.82, 2.24) is 9.88 Å². The molecule has 7 nitrogen and oxygen atoms in total. The highest BCUT2D eigenvalue weighted by atomic mass is 16.5. The van der Waals surface area contributed by atoms with E-state index in [1.807, 2.05) is 31.2 Å². The molecule has 0 aliphatic heterocycles. The molecule has 0 aliphatic rings. The molecule has 0 atom stereocenters. The topological polar surface area (TPSA) is 84.7 Å². The van der Waals surface area contributed by atoms with Gasteiger partial charge in [-0.15, -0.1) is 0 Å². The molecular weight excluding hydrogens is 322 g/mol. The van der Waals surface area contributed by atoms with E-state index in [2.05, 4.69) is 22.0 Å². The number of carbonyl (C=O) groups is 2. The maximum Gasteiger partial charge on any atom is 0.360 e. The van der Waals surface area contributed by atoms with Gasteiger partial charge in [0.2, 0.25) is 5.89 Å². The fourth-order valence-corrected chi connectivity index (χ4v) is 2.34. The van der Waals surface area contributed by atoms with Gasteiger partial charge in [0.05, 0.1) is 13.7 Å². The average molecular weight is 345 g/mol. The first-order chi connectivity index (χ1) is 12.1. The molecule has 1 N–H and O–H groups in total. The Hall–Kier alpha value is -2.83. The Morgan fingerprint density at radius 3 is 2.80 bits per heavy atom. The molecule has 0 fully saturated rings. The van der Waals surface area contributed by atoms with Gasteiger partial charge in [-0.3, -0.25) is 0 Å². The third-order valence-corrected chi connectivity index (χ3v) is 3.64. The van der Waals surface area contributed by atoms with E-state index < -0.39 is 5.97 Å². The summed E-state index contributed by atoms with van der Waals surface area (Å²) in [5.41, 5.74) is 1.98. The monoisotopic (exact) mass is 345 g/mol. The first-order valence-corrected chi connectivity index (χ1v) is 8.25. The van der Waals surface area contributed by atoms with E-state index in [1.165, 1.54) is 13.4 Å². The lowest BCUT2D eigenvalue weighted by Crippen LogP contribution is -2.35. The standard InChI is InChI=1S/C18H23N3O4/c1-4-9-21(11-16-20-15(12-25-16)17(22)24-3)18(23)19-14-8-6-7-13(5-2)10-14/h6-8,10,12H,4-5,9,11H2,1-3H3,(H,19,23). The van der Waals surface area contributed by atoms with Crippen molar-refractivity contribution in [3.8, 4) is 0 Å². The molecule has 1 aromatic carbocycles. The fraction of sp³-hybridized carbons (Fsp3) is 0.389. The van der Waals surface area contributed by atoms with E-state index in [4.69, 9.17) is 4.42 Å². The van der Waals surface area contributed by atoms with Crippen molar-refractivity contribution in [3.63, 3.8) is 0 Å². The van der Waals surface area contributed by atoms with Crippen LogP contribution < -0.4 is 5.32 Å². The van der Waals surface area contributed by atoms with Crippen LogP contribution in [0.15, 0.2) is 34.9 Å². The predicted molar refractivity (Wildman–Crippen MR) is 93.4 cm³/mol. The maximum absolute atomic E-state index is 12.6. The first kappa shape index (κ1) is 18.5. The van der Waals surface area contributed by atoms with Crippen molar-refractivity contribution in [2.75, 3.05) is 19.0 Å². The minimum absolute atomic E-state index is 0.0880. The molecular formula is C18H23N3O4. The van der Waals surface area contributed by atoms with Crippen molar-refractivity contribution in [2.24, 2.45) is 0 Å². The first-order valence-electron chi connectivity index (χ1n) is 8.25. The second kappa shape index (κ2) is 8.86. The Bertz CT molecular complexity index is 727. The number of hydrogen-bond donors (Lipinski definition) is 1. The second-order valence-corrected chi connectivity index (χ2v) is 5.52. The summed E-state index contributed by atoms with van der Waals surface area (Å²) < 4.78 is 9.86. The van der Waals surface area contributed by atoms with Gasteiger partial charge in [-0.05, 0) is 30.5 Å². The van der Waals surface area contributed by atoms with E-state index in [1.54, 1.807) is 4.90 Å². The van der Waals surface area contributed by atoms with E-state index in [-0.39, 0.29) is 24.2 Å². The van der Waals surface area contributed by atoms with Crippen LogP contribution in [-0.2, 0) is 17.7 Å². The summed E-state index contributed by atoms with van der Waals surface area (Å²) in [6.45, 7) is 4.75. The van der Waals surface area contributed by atoms with E-state index in [9.17, 15) is 9.59 Å². The number of methoxy groups -OCH3 is 1. The van der Waals surface area contributed by atoms with Crippen molar-refractivity contribution in [3.05, 3.63) is 47.7 Å². The number of aromatic nitrogens is 1. The highest BCUT2D eigenvalue weighted by Crippen LogP contribution is 2.14. The molecule has 0 saturated heterocycles. The summed E-state index contributed by atoms with van der Waals surface area (Å²) in [6.07, 6.45) is 2.91. The van der Waals surface area contributed by atoms with Crippen LogP contribution in [0.4, 0.5) is 10.5 Å². The Kier molecular flexibility index (Phi) is 6.56. The minimum Gasteiger partial charge on any atom is -0.464 e. The van der Waals surface area contributed by atoms with Crippen LogP contribution in [-0.4, -0.2) is 35.5 Å². The SMILES string of the molecule is CCCN(Cc1nc(C(=O)OC)co1)C(=O)Nc1cccc(CC)c1. The van der Waals surface area contributed by atoms with Gasteiger partial charge in [0, 0.05) is 12.2 Å². The normalized spacial score (nSPS) is 10.4. The fourth-order valence-electron chi connectivity index (χ4n) is 2.34.